The van der Waals surface area contributed by atoms with Crippen LogP contribution in [0, 0.1) is 0 Å². The van der Waals surface area contributed by atoms with Gasteiger partial charge < -0.3 is 10.1 Å². The maximum absolute atomic E-state index is 5.65. The fourth-order valence-corrected chi connectivity index (χ4v) is 2.76. The molecular formula is C16H27N3O. The van der Waals surface area contributed by atoms with Crippen molar-refractivity contribution < 1.29 is 4.74 Å². The summed E-state index contributed by atoms with van der Waals surface area (Å²) >= 11 is 0. The van der Waals surface area contributed by atoms with Gasteiger partial charge >= 0.3 is 0 Å². The molecule has 0 radical (unpaired) electrons. The van der Waals surface area contributed by atoms with Crippen LogP contribution in [0.25, 0.3) is 0 Å². The molecule has 0 spiro atoms. The van der Waals surface area contributed by atoms with Gasteiger partial charge in [0.25, 0.3) is 0 Å². The highest BCUT2D eigenvalue weighted by molar-refractivity contribution is 5.35. The molecule has 4 heteroatoms. The first-order valence-corrected chi connectivity index (χ1v) is 7.62. The highest BCUT2D eigenvalue weighted by Gasteiger charge is 2.30. The van der Waals surface area contributed by atoms with Crippen LogP contribution in [-0.2, 0) is 11.3 Å². The molecule has 1 aromatic rings. The lowest BCUT2D eigenvalue weighted by Crippen LogP contribution is -2.46. The van der Waals surface area contributed by atoms with E-state index in [4.69, 9.17) is 4.74 Å². The molecule has 112 valence electrons. The molecule has 2 heterocycles. The predicted octanol–water partition coefficient (Wildman–Crippen LogP) is 2.90. The third-order valence-electron chi connectivity index (χ3n) is 3.98. The molecule has 1 unspecified atom stereocenters. The number of nitrogens with zero attached hydrogens (tertiary/aromatic N) is 2. The average molecular weight is 277 g/mol. The third-order valence-corrected chi connectivity index (χ3v) is 3.98. The molecule has 4 nitrogen and oxygen atoms in total. The minimum Gasteiger partial charge on any atom is -0.377 e. The summed E-state index contributed by atoms with van der Waals surface area (Å²) in [5.41, 5.74) is 1.13. The summed E-state index contributed by atoms with van der Waals surface area (Å²) in [4.78, 5) is 7.13. The molecule has 0 aliphatic carbocycles. The normalized spacial score (nSPS) is 23.8. The lowest BCUT2D eigenvalue weighted by Gasteiger charge is -2.39. The molecule has 1 saturated heterocycles. The summed E-state index contributed by atoms with van der Waals surface area (Å²) in [6.07, 6.45) is 3.45. The summed E-state index contributed by atoms with van der Waals surface area (Å²) in [5, 5.41) is 3.35. The SMILES string of the molecule is CCCNc1cccc(CN2CCCC(C)(OC)C2)n1. The van der Waals surface area contributed by atoms with Gasteiger partial charge in [-0.25, -0.2) is 4.98 Å². The number of aromatic nitrogens is 1. The van der Waals surface area contributed by atoms with E-state index in [0.29, 0.717) is 0 Å². The van der Waals surface area contributed by atoms with Crippen molar-refractivity contribution in [2.45, 2.75) is 45.3 Å². The van der Waals surface area contributed by atoms with Gasteiger partial charge in [-0.3, -0.25) is 4.90 Å². The second kappa shape index (κ2) is 7.04. The fourth-order valence-electron chi connectivity index (χ4n) is 2.76. The van der Waals surface area contributed by atoms with Gasteiger partial charge in [-0.1, -0.05) is 13.0 Å². The van der Waals surface area contributed by atoms with E-state index in [-0.39, 0.29) is 5.60 Å². The quantitative estimate of drug-likeness (QED) is 0.867. The number of nitrogens with one attached hydrogen (secondary N) is 1. The first kappa shape index (κ1) is 15.3. The van der Waals surface area contributed by atoms with Crippen LogP contribution in [0.15, 0.2) is 18.2 Å². The van der Waals surface area contributed by atoms with Gasteiger partial charge in [0.1, 0.15) is 5.82 Å². The zero-order valence-electron chi connectivity index (χ0n) is 13.0. The molecule has 0 bridgehead atoms. The Balaban J connectivity index is 1.95. The maximum Gasteiger partial charge on any atom is 0.126 e. The second-order valence-corrected chi connectivity index (χ2v) is 5.91. The number of piperidine rings is 1. The molecule has 2 rings (SSSR count). The third kappa shape index (κ3) is 4.18. The molecular weight excluding hydrogens is 250 g/mol. The van der Waals surface area contributed by atoms with Crippen LogP contribution in [0.5, 0.6) is 0 Å². The van der Waals surface area contributed by atoms with Crippen molar-refractivity contribution in [2.24, 2.45) is 0 Å². The number of ether oxygens (including phenoxy) is 1. The Morgan fingerprint density at radius 3 is 3.05 bits per heavy atom. The number of rotatable bonds is 6. The number of likely N-dealkylation sites (tertiary alicyclic amines) is 1. The van der Waals surface area contributed by atoms with E-state index in [2.05, 4.69) is 41.2 Å². The average Bonchev–Trinajstić information content (AvgIpc) is 2.46. The smallest absolute Gasteiger partial charge is 0.126 e. The minimum absolute atomic E-state index is 0.00365. The van der Waals surface area contributed by atoms with Gasteiger partial charge in [0, 0.05) is 26.7 Å². The van der Waals surface area contributed by atoms with Crippen LogP contribution in [-0.4, -0.2) is 42.2 Å². The van der Waals surface area contributed by atoms with E-state index in [9.17, 15) is 0 Å². The Kier molecular flexibility index (Phi) is 5.38. The second-order valence-electron chi connectivity index (χ2n) is 5.91. The molecule has 1 atom stereocenters. The van der Waals surface area contributed by atoms with Crippen LogP contribution in [0.1, 0.15) is 38.8 Å². The number of pyridine rings is 1. The first-order valence-electron chi connectivity index (χ1n) is 7.62. The summed E-state index contributed by atoms with van der Waals surface area (Å²) in [7, 11) is 1.82. The van der Waals surface area contributed by atoms with Gasteiger partial charge in [0.15, 0.2) is 0 Å². The molecule has 20 heavy (non-hydrogen) atoms. The van der Waals surface area contributed by atoms with E-state index in [1.807, 2.05) is 13.2 Å². The van der Waals surface area contributed by atoms with Gasteiger partial charge in [0.2, 0.25) is 0 Å². The molecule has 1 fully saturated rings. The monoisotopic (exact) mass is 277 g/mol. The molecule has 0 saturated carbocycles. The molecule has 1 aromatic heterocycles. The van der Waals surface area contributed by atoms with E-state index in [1.165, 1.54) is 6.42 Å². The number of hydrogen-bond acceptors (Lipinski definition) is 4. The highest BCUT2D eigenvalue weighted by Crippen LogP contribution is 2.24. The van der Waals surface area contributed by atoms with Crippen molar-refractivity contribution >= 4 is 5.82 Å². The molecule has 1 N–H and O–H groups in total. The van der Waals surface area contributed by atoms with Gasteiger partial charge in [-0.05, 0) is 44.9 Å². The van der Waals surface area contributed by atoms with Gasteiger partial charge in [-0.2, -0.15) is 0 Å². The molecule has 0 aromatic carbocycles. The first-order chi connectivity index (χ1) is 9.65. The Labute approximate surface area is 122 Å². The Morgan fingerprint density at radius 1 is 1.45 bits per heavy atom. The fraction of sp³-hybridized carbons (Fsp3) is 0.688. The predicted molar refractivity (Wildman–Crippen MR) is 82.9 cm³/mol. The molecule has 1 aliphatic rings. The van der Waals surface area contributed by atoms with Crippen LogP contribution >= 0.6 is 0 Å². The molecule has 0 amide bonds. The van der Waals surface area contributed by atoms with E-state index in [1.54, 1.807) is 0 Å². The maximum atomic E-state index is 5.65. The van der Waals surface area contributed by atoms with Crippen molar-refractivity contribution in [1.82, 2.24) is 9.88 Å². The minimum atomic E-state index is -0.00365. The summed E-state index contributed by atoms with van der Waals surface area (Å²) < 4.78 is 5.65. The van der Waals surface area contributed by atoms with Crippen molar-refractivity contribution in [3.63, 3.8) is 0 Å². The van der Waals surface area contributed by atoms with Crippen LogP contribution in [0.4, 0.5) is 5.82 Å². The zero-order valence-corrected chi connectivity index (χ0v) is 13.0. The largest absolute Gasteiger partial charge is 0.377 e. The summed E-state index contributed by atoms with van der Waals surface area (Å²) in [5.74, 6) is 0.982. The van der Waals surface area contributed by atoms with Crippen LogP contribution in [0.3, 0.4) is 0 Å². The van der Waals surface area contributed by atoms with E-state index in [0.717, 1.165) is 50.5 Å². The number of anilines is 1. The van der Waals surface area contributed by atoms with Gasteiger partial charge in [0.05, 0.1) is 11.3 Å². The van der Waals surface area contributed by atoms with E-state index < -0.39 is 0 Å². The number of hydrogen-bond donors (Lipinski definition) is 1. The molecule has 1 aliphatic heterocycles. The summed E-state index contributed by atoms with van der Waals surface area (Å²) in [6.45, 7) is 8.36. The van der Waals surface area contributed by atoms with Gasteiger partial charge in [-0.15, -0.1) is 0 Å². The standard InChI is InChI=1S/C16H27N3O/c1-4-10-17-15-8-5-7-14(18-15)12-19-11-6-9-16(2,13-19)20-3/h5,7-8H,4,6,9-13H2,1-3H3,(H,17,18). The zero-order chi connectivity index (χ0) is 14.4. The lowest BCUT2D eigenvalue weighted by atomic mass is 9.94. The highest BCUT2D eigenvalue weighted by atomic mass is 16.5. The van der Waals surface area contributed by atoms with Crippen molar-refractivity contribution in [2.75, 3.05) is 32.1 Å². The Bertz CT molecular complexity index is 424. The lowest BCUT2D eigenvalue weighted by molar-refractivity contribution is -0.0529. The van der Waals surface area contributed by atoms with Crippen molar-refractivity contribution in [3.05, 3.63) is 23.9 Å². The van der Waals surface area contributed by atoms with Crippen molar-refractivity contribution in [1.29, 1.82) is 0 Å². The van der Waals surface area contributed by atoms with E-state index >= 15 is 0 Å². The summed E-state index contributed by atoms with van der Waals surface area (Å²) in [6, 6.07) is 6.23. The Morgan fingerprint density at radius 2 is 2.30 bits per heavy atom. The van der Waals surface area contributed by atoms with Crippen LogP contribution in [0.2, 0.25) is 0 Å². The van der Waals surface area contributed by atoms with Crippen LogP contribution < -0.4 is 5.32 Å². The topological polar surface area (TPSA) is 37.4 Å². The Hall–Kier alpha value is -1.13. The van der Waals surface area contributed by atoms with Crippen molar-refractivity contribution in [3.8, 4) is 0 Å². The number of methoxy groups -OCH3 is 1.